The number of fused-ring (bicyclic) bond motifs is 12. The van der Waals surface area contributed by atoms with Crippen molar-refractivity contribution < 1.29 is 0 Å². The zero-order valence-corrected chi connectivity index (χ0v) is 36.5. The summed E-state index contributed by atoms with van der Waals surface area (Å²) in [5, 5.41) is 7.73. The second kappa shape index (κ2) is 14.3. The first-order chi connectivity index (χ1) is 32.0. The van der Waals surface area contributed by atoms with Crippen LogP contribution in [0.25, 0.3) is 65.7 Å². The van der Waals surface area contributed by atoms with Gasteiger partial charge in [0.15, 0.2) is 0 Å². The lowest BCUT2D eigenvalue weighted by Crippen LogP contribution is -2.23. The molecule has 0 amide bonds. The lowest BCUT2D eigenvalue weighted by atomic mass is 9.74. The van der Waals surface area contributed by atoms with Gasteiger partial charge < -0.3 is 4.90 Å². The molecule has 2 aliphatic carbocycles. The summed E-state index contributed by atoms with van der Waals surface area (Å²) in [6.45, 7) is 4.82. The highest BCUT2D eigenvalue weighted by molar-refractivity contribution is 6.25. The van der Waals surface area contributed by atoms with Crippen LogP contribution in [0, 0.1) is 0 Å². The molecule has 0 heterocycles. The van der Waals surface area contributed by atoms with Crippen molar-refractivity contribution in [1.82, 2.24) is 0 Å². The van der Waals surface area contributed by atoms with Crippen LogP contribution in [0.15, 0.2) is 237 Å². The highest BCUT2D eigenvalue weighted by Crippen LogP contribution is 2.58. The van der Waals surface area contributed by atoms with Gasteiger partial charge in [-0.15, -0.1) is 0 Å². The fourth-order valence-electron chi connectivity index (χ4n) is 11.8. The van der Waals surface area contributed by atoms with Crippen molar-refractivity contribution in [2.75, 3.05) is 4.90 Å². The number of nitrogens with zero attached hydrogens (tertiary/aromatic N) is 1. The van der Waals surface area contributed by atoms with E-state index in [-0.39, 0.29) is 10.8 Å². The Labute approximate surface area is 380 Å². The number of anilines is 3. The minimum absolute atomic E-state index is 0.324. The van der Waals surface area contributed by atoms with Gasteiger partial charge in [-0.1, -0.05) is 200 Å². The summed E-state index contributed by atoms with van der Waals surface area (Å²) in [6.07, 6.45) is 0. The van der Waals surface area contributed by atoms with Gasteiger partial charge in [0.2, 0.25) is 0 Å². The maximum Gasteiger partial charge on any atom is 0.0543 e. The van der Waals surface area contributed by atoms with Crippen molar-refractivity contribution in [2.24, 2.45) is 0 Å². The Hall–Kier alpha value is -8.00. The third kappa shape index (κ3) is 5.39. The van der Waals surface area contributed by atoms with Gasteiger partial charge in [0, 0.05) is 27.8 Å². The van der Waals surface area contributed by atoms with E-state index in [0.717, 1.165) is 11.4 Å². The molecule has 2 unspecified atom stereocenters. The van der Waals surface area contributed by atoms with Crippen LogP contribution in [0.2, 0.25) is 0 Å². The topological polar surface area (TPSA) is 3.24 Å². The molecule has 11 aromatic carbocycles. The lowest BCUT2D eigenvalue weighted by molar-refractivity contribution is 0.713. The first kappa shape index (κ1) is 37.5. The van der Waals surface area contributed by atoms with Crippen LogP contribution in [0.3, 0.4) is 0 Å². The SMILES string of the molecule is CC1(c2ccccc2)c2ccccc2-c2ccc(N(c3ccc(-c4ccc5c6ccccc6c6ccccc6c5c4)cc3)c3cccc4c3-c3ccccc3C4(C)c3ccccc3)cc21. The molecule has 0 radical (unpaired) electrons. The average Bonchev–Trinajstić information content (AvgIpc) is 3.80. The molecule has 0 fully saturated rings. The summed E-state index contributed by atoms with van der Waals surface area (Å²) >= 11 is 0. The number of hydrogen-bond acceptors (Lipinski definition) is 1. The van der Waals surface area contributed by atoms with Gasteiger partial charge in [0.05, 0.1) is 5.69 Å². The molecule has 1 heteroatoms. The van der Waals surface area contributed by atoms with Crippen molar-refractivity contribution in [3.63, 3.8) is 0 Å². The maximum atomic E-state index is 2.52. The van der Waals surface area contributed by atoms with E-state index in [1.165, 1.54) is 105 Å². The fourth-order valence-corrected chi connectivity index (χ4v) is 11.8. The zero-order valence-electron chi connectivity index (χ0n) is 36.5. The van der Waals surface area contributed by atoms with E-state index in [0.29, 0.717) is 0 Å². The van der Waals surface area contributed by atoms with E-state index in [1.54, 1.807) is 0 Å². The number of hydrogen-bond donors (Lipinski definition) is 0. The molecule has 306 valence electrons. The molecule has 0 aromatic heterocycles. The molecule has 0 N–H and O–H groups in total. The van der Waals surface area contributed by atoms with Crippen LogP contribution < -0.4 is 4.90 Å². The first-order valence-electron chi connectivity index (χ1n) is 22.8. The predicted octanol–water partition coefficient (Wildman–Crippen LogP) is 17.0. The van der Waals surface area contributed by atoms with Gasteiger partial charge in [-0.05, 0) is 144 Å². The highest BCUT2D eigenvalue weighted by atomic mass is 15.1. The maximum absolute atomic E-state index is 2.52. The molecule has 0 spiro atoms. The van der Waals surface area contributed by atoms with Crippen LogP contribution in [-0.4, -0.2) is 0 Å². The van der Waals surface area contributed by atoms with E-state index in [2.05, 4.69) is 255 Å². The summed E-state index contributed by atoms with van der Waals surface area (Å²) < 4.78 is 0. The molecule has 0 bridgehead atoms. The highest BCUT2D eigenvalue weighted by Gasteiger charge is 2.44. The minimum Gasteiger partial charge on any atom is -0.310 e. The van der Waals surface area contributed by atoms with E-state index >= 15 is 0 Å². The van der Waals surface area contributed by atoms with E-state index in [9.17, 15) is 0 Å². The van der Waals surface area contributed by atoms with Crippen molar-refractivity contribution in [2.45, 2.75) is 24.7 Å². The van der Waals surface area contributed by atoms with E-state index in [4.69, 9.17) is 0 Å². The van der Waals surface area contributed by atoms with Crippen LogP contribution in [-0.2, 0) is 10.8 Å². The van der Waals surface area contributed by atoms with Crippen molar-refractivity contribution >= 4 is 49.4 Å². The predicted molar refractivity (Wildman–Crippen MR) is 274 cm³/mol. The molecule has 2 atom stereocenters. The van der Waals surface area contributed by atoms with Crippen LogP contribution in [0.5, 0.6) is 0 Å². The largest absolute Gasteiger partial charge is 0.310 e. The minimum atomic E-state index is -0.332. The Bertz CT molecular complexity index is 3640. The van der Waals surface area contributed by atoms with E-state index in [1.807, 2.05) is 0 Å². The summed E-state index contributed by atoms with van der Waals surface area (Å²) in [4.78, 5) is 2.52. The summed E-state index contributed by atoms with van der Waals surface area (Å²) in [5.41, 5.74) is 18.2. The third-order valence-electron chi connectivity index (χ3n) is 15.0. The number of rotatable bonds is 6. The zero-order chi connectivity index (χ0) is 43.3. The second-order valence-electron chi connectivity index (χ2n) is 18.2. The van der Waals surface area contributed by atoms with Gasteiger partial charge in [-0.2, -0.15) is 0 Å². The molecule has 1 nitrogen and oxygen atoms in total. The van der Waals surface area contributed by atoms with Crippen molar-refractivity contribution in [3.8, 4) is 33.4 Å². The third-order valence-corrected chi connectivity index (χ3v) is 15.0. The lowest BCUT2D eigenvalue weighted by Gasteiger charge is -2.32. The molecule has 13 rings (SSSR count). The van der Waals surface area contributed by atoms with E-state index < -0.39 is 0 Å². The Morgan fingerprint density at radius 3 is 1.40 bits per heavy atom. The van der Waals surface area contributed by atoms with Crippen molar-refractivity contribution in [3.05, 3.63) is 270 Å². The van der Waals surface area contributed by atoms with Crippen LogP contribution >= 0.6 is 0 Å². The Kier molecular flexibility index (Phi) is 8.24. The monoisotopic (exact) mass is 827 g/mol. The second-order valence-corrected chi connectivity index (χ2v) is 18.2. The van der Waals surface area contributed by atoms with Gasteiger partial charge in [0.1, 0.15) is 0 Å². The molecular weight excluding hydrogens is 783 g/mol. The first-order valence-corrected chi connectivity index (χ1v) is 22.8. The average molecular weight is 828 g/mol. The molecule has 2 aliphatic rings. The Morgan fingerprint density at radius 1 is 0.292 bits per heavy atom. The van der Waals surface area contributed by atoms with Gasteiger partial charge in [0.25, 0.3) is 0 Å². The summed E-state index contributed by atoms with van der Waals surface area (Å²) in [6, 6.07) is 88.2. The smallest absolute Gasteiger partial charge is 0.0543 e. The van der Waals surface area contributed by atoms with Crippen LogP contribution in [0.4, 0.5) is 17.1 Å². The molecule has 0 saturated heterocycles. The fraction of sp³-hybridized carbons (Fsp3) is 0.0625. The molecule has 11 aromatic rings. The quantitative estimate of drug-likeness (QED) is 0.151. The molecule has 0 aliphatic heterocycles. The Balaban J connectivity index is 1.02. The molecule has 65 heavy (non-hydrogen) atoms. The Morgan fingerprint density at radius 2 is 0.754 bits per heavy atom. The van der Waals surface area contributed by atoms with Gasteiger partial charge in [-0.25, -0.2) is 0 Å². The summed E-state index contributed by atoms with van der Waals surface area (Å²) in [7, 11) is 0. The van der Waals surface area contributed by atoms with Gasteiger partial charge >= 0.3 is 0 Å². The van der Waals surface area contributed by atoms with Gasteiger partial charge in [-0.3, -0.25) is 0 Å². The van der Waals surface area contributed by atoms with Crippen LogP contribution in [0.1, 0.15) is 47.2 Å². The van der Waals surface area contributed by atoms with Crippen molar-refractivity contribution in [1.29, 1.82) is 0 Å². The standard InChI is InChI=1S/C64H45N/c1-63(44-18-5-3-6-19-44)58-29-16-14-27-55(58)62-59(63)30-17-31-61(62)65(47-37-39-54-53-26-13-15-28-57(53)64(2,60(54)41-47)45-20-7-4-8-21-45)46-35-32-42(33-36-46)43-34-38-52-50-24-10-9-22-48(50)49-23-11-12-25-51(49)56(52)40-43/h3-41H,1-2H3. The molecule has 0 saturated carbocycles. The number of benzene rings is 11. The molecular formula is C64H45N. The normalized spacial score (nSPS) is 16.9. The summed E-state index contributed by atoms with van der Waals surface area (Å²) in [5.74, 6) is 0.